The zero-order chi connectivity index (χ0) is 18.1. The van der Waals surface area contributed by atoms with Crippen LogP contribution in [0.4, 0.5) is 0 Å². The van der Waals surface area contributed by atoms with Crippen molar-refractivity contribution in [1.82, 2.24) is 0 Å². The van der Waals surface area contributed by atoms with E-state index >= 15 is 0 Å². The average molecular weight is 406 g/mol. The first-order valence-corrected chi connectivity index (χ1v) is 12.0. The summed E-state index contributed by atoms with van der Waals surface area (Å²) in [6, 6.07) is 42.2. The van der Waals surface area contributed by atoms with E-state index in [1.165, 1.54) is 34.6 Å². The third-order valence-corrected chi connectivity index (χ3v) is 10.4. The summed E-state index contributed by atoms with van der Waals surface area (Å²) in [5.74, 6) is 0. The second kappa shape index (κ2) is 7.06. The van der Waals surface area contributed by atoms with E-state index in [-0.39, 0.29) is 0 Å². The molecule has 0 radical (unpaired) electrons. The molecule has 27 heavy (non-hydrogen) atoms. The standard InChI is InChI=1S/C26H19As/c1-2-14-22(15-3-1)27(25-18-8-12-20-10-4-6-16-23(20)25)26-19-9-13-21-11-5-7-17-24(21)26/h1-19H. The zero-order valence-electron chi connectivity index (χ0n) is 14.9. The molecule has 0 aliphatic rings. The summed E-state index contributed by atoms with van der Waals surface area (Å²) < 4.78 is 4.48. The minimum absolute atomic E-state index is 1.32. The molecule has 0 fully saturated rings. The SMILES string of the molecule is c1ccc([As](c2cccc3ccccc23)c2cccc3ccccc23)cc1. The maximum atomic E-state index is 2.34. The van der Waals surface area contributed by atoms with Gasteiger partial charge in [-0.25, -0.2) is 0 Å². The number of fused-ring (bicyclic) bond motifs is 2. The van der Waals surface area contributed by atoms with Crippen molar-refractivity contribution < 1.29 is 0 Å². The van der Waals surface area contributed by atoms with E-state index in [0.29, 0.717) is 0 Å². The van der Waals surface area contributed by atoms with Gasteiger partial charge in [-0.1, -0.05) is 0 Å². The van der Waals surface area contributed by atoms with E-state index in [9.17, 15) is 0 Å². The number of hydrogen-bond donors (Lipinski definition) is 0. The molecule has 0 spiro atoms. The topological polar surface area (TPSA) is 0 Å². The van der Waals surface area contributed by atoms with E-state index in [1.54, 1.807) is 0 Å². The Labute approximate surface area is 164 Å². The van der Waals surface area contributed by atoms with Crippen molar-refractivity contribution >= 4 is 49.3 Å². The number of rotatable bonds is 3. The first-order chi connectivity index (χ1) is 13.4. The monoisotopic (exact) mass is 406 g/mol. The Morgan fingerprint density at radius 3 is 1.37 bits per heavy atom. The molecule has 0 saturated heterocycles. The summed E-state index contributed by atoms with van der Waals surface area (Å²) in [5.41, 5.74) is 0. The third kappa shape index (κ3) is 2.97. The van der Waals surface area contributed by atoms with Gasteiger partial charge in [-0.2, -0.15) is 0 Å². The molecule has 0 bridgehead atoms. The van der Waals surface area contributed by atoms with Crippen LogP contribution in [-0.2, 0) is 0 Å². The van der Waals surface area contributed by atoms with Crippen molar-refractivity contribution in [2.45, 2.75) is 0 Å². The molecule has 0 aliphatic carbocycles. The molecule has 0 saturated carbocycles. The van der Waals surface area contributed by atoms with Crippen LogP contribution in [0.2, 0.25) is 0 Å². The second-order valence-electron chi connectivity index (χ2n) is 6.67. The van der Waals surface area contributed by atoms with Gasteiger partial charge in [0.2, 0.25) is 0 Å². The number of benzene rings is 5. The Morgan fingerprint density at radius 1 is 0.370 bits per heavy atom. The Morgan fingerprint density at radius 2 is 0.815 bits per heavy atom. The van der Waals surface area contributed by atoms with E-state index < -0.39 is 14.7 Å². The molecular formula is C26H19As. The van der Waals surface area contributed by atoms with Gasteiger partial charge < -0.3 is 0 Å². The van der Waals surface area contributed by atoms with Crippen molar-refractivity contribution in [2.75, 3.05) is 0 Å². The maximum absolute atomic E-state index is 2.34. The van der Waals surface area contributed by atoms with Crippen LogP contribution in [0.5, 0.6) is 0 Å². The predicted octanol–water partition coefficient (Wildman–Crippen LogP) is 4.51. The molecule has 128 valence electrons. The van der Waals surface area contributed by atoms with Crippen LogP contribution in [0, 0.1) is 0 Å². The predicted molar refractivity (Wildman–Crippen MR) is 119 cm³/mol. The molecule has 1 heteroatoms. The van der Waals surface area contributed by atoms with Crippen LogP contribution in [0.25, 0.3) is 21.5 Å². The second-order valence-corrected chi connectivity index (χ2v) is 11.2. The molecule has 0 atom stereocenters. The van der Waals surface area contributed by atoms with Crippen LogP contribution in [-0.4, -0.2) is 14.7 Å². The van der Waals surface area contributed by atoms with Gasteiger partial charge >= 0.3 is 165 Å². The van der Waals surface area contributed by atoms with Gasteiger partial charge in [0.15, 0.2) is 0 Å². The van der Waals surface area contributed by atoms with Gasteiger partial charge in [-0.05, 0) is 0 Å². The van der Waals surface area contributed by atoms with Gasteiger partial charge in [0.05, 0.1) is 0 Å². The van der Waals surface area contributed by atoms with Crippen LogP contribution in [0.1, 0.15) is 0 Å². The third-order valence-electron chi connectivity index (χ3n) is 5.03. The van der Waals surface area contributed by atoms with Gasteiger partial charge in [0.1, 0.15) is 0 Å². The summed E-state index contributed by atoms with van der Waals surface area (Å²) in [5, 5.41) is 5.42. The van der Waals surface area contributed by atoms with Crippen molar-refractivity contribution in [3.8, 4) is 0 Å². The van der Waals surface area contributed by atoms with Crippen molar-refractivity contribution in [2.24, 2.45) is 0 Å². The molecule has 0 amide bonds. The van der Waals surface area contributed by atoms with E-state index in [0.717, 1.165) is 0 Å². The quantitative estimate of drug-likeness (QED) is 0.387. The van der Waals surface area contributed by atoms with Crippen molar-refractivity contribution in [1.29, 1.82) is 0 Å². The normalized spacial score (nSPS) is 11.3. The molecular weight excluding hydrogens is 387 g/mol. The molecule has 0 aliphatic heterocycles. The zero-order valence-corrected chi connectivity index (χ0v) is 16.8. The molecule has 5 aromatic carbocycles. The molecule has 0 aromatic heterocycles. The fourth-order valence-electron chi connectivity index (χ4n) is 3.79. The summed E-state index contributed by atoms with van der Waals surface area (Å²) in [6.07, 6.45) is 0. The van der Waals surface area contributed by atoms with Gasteiger partial charge in [-0.15, -0.1) is 0 Å². The first kappa shape index (κ1) is 16.4. The molecule has 0 nitrogen and oxygen atoms in total. The van der Waals surface area contributed by atoms with E-state index in [2.05, 4.69) is 115 Å². The van der Waals surface area contributed by atoms with Crippen molar-refractivity contribution in [3.63, 3.8) is 0 Å². The first-order valence-electron chi connectivity index (χ1n) is 9.22. The average Bonchev–Trinajstić information content (AvgIpc) is 2.75. The minimum atomic E-state index is -1.70. The van der Waals surface area contributed by atoms with Crippen LogP contribution in [0.15, 0.2) is 115 Å². The van der Waals surface area contributed by atoms with Crippen LogP contribution < -0.4 is 13.1 Å². The Hall–Kier alpha value is -2.82. The molecule has 0 unspecified atom stereocenters. The number of hydrogen-bond acceptors (Lipinski definition) is 0. The molecule has 5 rings (SSSR count). The molecule has 0 heterocycles. The molecule has 5 aromatic rings. The summed E-state index contributed by atoms with van der Waals surface area (Å²) in [4.78, 5) is 0. The van der Waals surface area contributed by atoms with Crippen LogP contribution >= 0.6 is 0 Å². The Bertz CT molecular complexity index is 1130. The Kier molecular flexibility index (Phi) is 4.28. The summed E-state index contributed by atoms with van der Waals surface area (Å²) in [7, 11) is 0. The fraction of sp³-hybridized carbons (Fsp3) is 0. The summed E-state index contributed by atoms with van der Waals surface area (Å²) >= 11 is -1.70. The van der Waals surface area contributed by atoms with Gasteiger partial charge in [0.25, 0.3) is 0 Å². The van der Waals surface area contributed by atoms with Crippen LogP contribution in [0.3, 0.4) is 0 Å². The van der Waals surface area contributed by atoms with Crippen molar-refractivity contribution in [3.05, 3.63) is 115 Å². The van der Waals surface area contributed by atoms with E-state index in [1.807, 2.05) is 0 Å². The Balaban J connectivity index is 1.85. The van der Waals surface area contributed by atoms with Gasteiger partial charge in [-0.3, -0.25) is 0 Å². The fourth-order valence-corrected chi connectivity index (χ4v) is 9.34. The van der Waals surface area contributed by atoms with E-state index in [4.69, 9.17) is 0 Å². The van der Waals surface area contributed by atoms with Gasteiger partial charge in [0, 0.05) is 0 Å². The summed E-state index contributed by atoms with van der Waals surface area (Å²) in [6.45, 7) is 0. The molecule has 0 N–H and O–H groups in total.